The zero-order valence-corrected chi connectivity index (χ0v) is 20.0. The van der Waals surface area contributed by atoms with Gasteiger partial charge in [0.2, 0.25) is 0 Å². The molecule has 0 bridgehead atoms. The minimum Gasteiger partial charge on any atom is -0.480 e. The number of carboxylic acids is 1. The van der Waals surface area contributed by atoms with E-state index in [1.54, 1.807) is 6.92 Å². The Hall–Kier alpha value is -3.72. The van der Waals surface area contributed by atoms with Gasteiger partial charge in [0.25, 0.3) is 5.91 Å². The van der Waals surface area contributed by atoms with E-state index in [1.807, 2.05) is 24.3 Å². The SMILES string of the molecule is Cc1sc(CNC(=O)OCC2c3ccccc3-c3ccccc32)nc1C(=O)N1CCC[C@@H]1C(=O)O. The molecule has 2 aliphatic rings. The summed E-state index contributed by atoms with van der Waals surface area (Å²) in [5, 5.41) is 12.6. The Bertz CT molecular complexity index is 1260. The molecule has 2 amide bonds. The molecule has 9 heteroatoms. The van der Waals surface area contributed by atoms with E-state index in [9.17, 15) is 19.5 Å². The lowest BCUT2D eigenvalue weighted by Gasteiger charge is -2.20. The van der Waals surface area contributed by atoms with Gasteiger partial charge in [-0.3, -0.25) is 4.79 Å². The maximum atomic E-state index is 12.9. The minimum absolute atomic E-state index is 0.0258. The summed E-state index contributed by atoms with van der Waals surface area (Å²) >= 11 is 1.30. The number of benzene rings is 2. The Kier molecular flexibility index (Phi) is 6.25. The van der Waals surface area contributed by atoms with Crippen LogP contribution >= 0.6 is 11.3 Å². The van der Waals surface area contributed by atoms with Crippen LogP contribution in [0.15, 0.2) is 48.5 Å². The smallest absolute Gasteiger partial charge is 0.407 e. The van der Waals surface area contributed by atoms with E-state index in [-0.39, 0.29) is 30.7 Å². The molecule has 8 nitrogen and oxygen atoms in total. The van der Waals surface area contributed by atoms with Crippen LogP contribution in [0.5, 0.6) is 0 Å². The fourth-order valence-corrected chi connectivity index (χ4v) is 5.79. The number of likely N-dealkylation sites (tertiary alicyclic amines) is 1. The van der Waals surface area contributed by atoms with Crippen molar-refractivity contribution in [1.29, 1.82) is 0 Å². The number of hydrogen-bond acceptors (Lipinski definition) is 6. The van der Waals surface area contributed by atoms with Gasteiger partial charge in [-0.05, 0) is 42.0 Å². The van der Waals surface area contributed by atoms with Crippen molar-refractivity contribution < 1.29 is 24.2 Å². The Balaban J connectivity index is 1.20. The summed E-state index contributed by atoms with van der Waals surface area (Å²) < 4.78 is 5.55. The van der Waals surface area contributed by atoms with Crippen molar-refractivity contribution in [3.05, 3.63) is 75.2 Å². The van der Waals surface area contributed by atoms with Gasteiger partial charge in [-0.15, -0.1) is 11.3 Å². The molecule has 1 atom stereocenters. The van der Waals surface area contributed by atoms with Crippen molar-refractivity contribution in [3.63, 3.8) is 0 Å². The molecule has 35 heavy (non-hydrogen) atoms. The molecule has 180 valence electrons. The first-order valence-electron chi connectivity index (χ1n) is 11.5. The van der Waals surface area contributed by atoms with Crippen molar-refractivity contribution >= 4 is 29.3 Å². The zero-order valence-electron chi connectivity index (χ0n) is 19.2. The monoisotopic (exact) mass is 491 g/mol. The molecule has 0 unspecified atom stereocenters. The lowest BCUT2D eigenvalue weighted by Crippen LogP contribution is -2.40. The Morgan fingerprint density at radius 3 is 2.43 bits per heavy atom. The van der Waals surface area contributed by atoms with Gasteiger partial charge in [-0.25, -0.2) is 14.6 Å². The zero-order chi connectivity index (χ0) is 24.5. The topological polar surface area (TPSA) is 109 Å². The molecule has 2 N–H and O–H groups in total. The summed E-state index contributed by atoms with van der Waals surface area (Å²) in [6, 6.07) is 15.5. The Morgan fingerprint density at radius 1 is 1.11 bits per heavy atom. The van der Waals surface area contributed by atoms with E-state index in [0.717, 1.165) is 22.3 Å². The van der Waals surface area contributed by atoms with Crippen LogP contribution in [0.4, 0.5) is 4.79 Å². The molecule has 0 radical (unpaired) electrons. The number of rotatable bonds is 6. The second-order valence-corrected chi connectivity index (χ2v) is 9.97. The molecule has 1 aliphatic heterocycles. The van der Waals surface area contributed by atoms with Gasteiger partial charge < -0.3 is 20.1 Å². The number of hydrogen-bond donors (Lipinski definition) is 2. The molecular weight excluding hydrogens is 466 g/mol. The Morgan fingerprint density at radius 2 is 1.77 bits per heavy atom. The summed E-state index contributed by atoms with van der Waals surface area (Å²) in [6.07, 6.45) is 0.542. The highest BCUT2D eigenvalue weighted by Crippen LogP contribution is 2.44. The number of fused-ring (bicyclic) bond motifs is 3. The van der Waals surface area contributed by atoms with E-state index in [2.05, 4.69) is 34.6 Å². The van der Waals surface area contributed by atoms with Crippen LogP contribution in [0.2, 0.25) is 0 Å². The number of ether oxygens (including phenoxy) is 1. The minimum atomic E-state index is -0.999. The first kappa shape index (κ1) is 23.0. The van der Waals surface area contributed by atoms with Gasteiger partial charge in [-0.2, -0.15) is 0 Å². The van der Waals surface area contributed by atoms with Crippen LogP contribution in [-0.2, 0) is 16.1 Å². The summed E-state index contributed by atoms with van der Waals surface area (Å²) in [5.74, 6) is -1.40. The number of carbonyl (C=O) groups is 3. The molecule has 1 saturated heterocycles. The molecule has 5 rings (SSSR count). The molecule has 2 aromatic carbocycles. The highest BCUT2D eigenvalue weighted by molar-refractivity contribution is 7.11. The first-order chi connectivity index (χ1) is 16.9. The Labute approximate surface area is 206 Å². The first-order valence-corrected chi connectivity index (χ1v) is 12.3. The van der Waals surface area contributed by atoms with Crippen LogP contribution in [0.1, 0.15) is 50.3 Å². The molecule has 1 fully saturated rings. The van der Waals surface area contributed by atoms with Gasteiger partial charge in [0.1, 0.15) is 23.4 Å². The van der Waals surface area contributed by atoms with Crippen LogP contribution in [-0.4, -0.2) is 52.2 Å². The predicted molar refractivity (Wildman–Crippen MR) is 130 cm³/mol. The third-order valence-electron chi connectivity index (χ3n) is 6.57. The molecule has 3 aromatic rings. The third-order valence-corrected chi connectivity index (χ3v) is 7.54. The molecule has 1 aromatic heterocycles. The van der Waals surface area contributed by atoms with E-state index < -0.39 is 18.1 Å². The van der Waals surface area contributed by atoms with Gasteiger partial charge in [0.15, 0.2) is 0 Å². The van der Waals surface area contributed by atoms with Gasteiger partial charge in [0, 0.05) is 17.3 Å². The van der Waals surface area contributed by atoms with Crippen molar-refractivity contribution in [2.24, 2.45) is 0 Å². The van der Waals surface area contributed by atoms with Gasteiger partial charge in [-0.1, -0.05) is 48.5 Å². The number of aliphatic carboxylic acids is 1. The van der Waals surface area contributed by atoms with E-state index in [1.165, 1.54) is 16.2 Å². The summed E-state index contributed by atoms with van der Waals surface area (Å²) in [7, 11) is 0. The van der Waals surface area contributed by atoms with Crippen molar-refractivity contribution in [2.75, 3.05) is 13.2 Å². The number of carboxylic acid groups (broad SMARTS) is 1. The van der Waals surface area contributed by atoms with Crippen LogP contribution in [0.25, 0.3) is 11.1 Å². The maximum Gasteiger partial charge on any atom is 0.407 e. The molecule has 1 aliphatic carbocycles. The highest BCUT2D eigenvalue weighted by atomic mass is 32.1. The number of carbonyl (C=O) groups excluding carboxylic acids is 2. The molecule has 0 spiro atoms. The van der Waals surface area contributed by atoms with Gasteiger partial charge in [0.05, 0.1) is 6.54 Å². The second kappa shape index (κ2) is 9.50. The van der Waals surface area contributed by atoms with Crippen molar-refractivity contribution in [1.82, 2.24) is 15.2 Å². The van der Waals surface area contributed by atoms with Crippen LogP contribution in [0.3, 0.4) is 0 Å². The highest BCUT2D eigenvalue weighted by Gasteiger charge is 2.36. The summed E-state index contributed by atoms with van der Waals surface area (Å²) in [4.78, 5) is 43.2. The quantitative estimate of drug-likeness (QED) is 0.536. The molecular formula is C26H25N3O5S. The summed E-state index contributed by atoms with van der Waals surface area (Å²) in [5.41, 5.74) is 4.85. The number of amides is 2. The second-order valence-electron chi connectivity index (χ2n) is 8.69. The number of nitrogens with one attached hydrogen (secondary N) is 1. The molecule has 0 saturated carbocycles. The fourth-order valence-electron chi connectivity index (χ4n) is 4.93. The number of aromatic nitrogens is 1. The standard InChI is InChI=1S/C26H25N3O5S/c1-15-23(24(30)29-12-6-11-21(29)25(31)32)28-22(35-15)13-27-26(33)34-14-20-18-9-4-2-7-16(18)17-8-3-5-10-19(17)20/h2-5,7-10,20-21H,6,11-14H2,1H3,(H,27,33)(H,31,32)/t21-/m1/s1. The number of thiazole rings is 1. The van der Waals surface area contributed by atoms with Crippen molar-refractivity contribution in [3.8, 4) is 11.1 Å². The van der Waals surface area contributed by atoms with Gasteiger partial charge >= 0.3 is 12.1 Å². The lowest BCUT2D eigenvalue weighted by atomic mass is 9.98. The van der Waals surface area contributed by atoms with Crippen molar-refractivity contribution in [2.45, 2.75) is 38.3 Å². The average molecular weight is 492 g/mol. The lowest BCUT2D eigenvalue weighted by molar-refractivity contribution is -0.141. The molecule has 2 heterocycles. The normalized spacial score (nSPS) is 16.6. The van der Waals surface area contributed by atoms with E-state index in [4.69, 9.17) is 4.74 Å². The third kappa shape index (κ3) is 4.39. The number of alkyl carbamates (subject to hydrolysis) is 1. The fraction of sp³-hybridized carbons (Fsp3) is 0.308. The van der Waals surface area contributed by atoms with Crippen LogP contribution < -0.4 is 5.32 Å². The van der Waals surface area contributed by atoms with Crippen LogP contribution in [0, 0.1) is 6.92 Å². The largest absolute Gasteiger partial charge is 0.480 e. The summed E-state index contributed by atoms with van der Waals surface area (Å²) in [6.45, 7) is 2.51. The number of nitrogens with zero attached hydrogens (tertiary/aromatic N) is 2. The maximum absolute atomic E-state index is 12.9. The number of aryl methyl sites for hydroxylation is 1. The van der Waals surface area contributed by atoms with E-state index >= 15 is 0 Å². The average Bonchev–Trinajstić information content (AvgIpc) is 3.57. The van der Waals surface area contributed by atoms with E-state index in [0.29, 0.717) is 29.3 Å². The predicted octanol–water partition coefficient (Wildman–Crippen LogP) is 4.18.